The van der Waals surface area contributed by atoms with Crippen LogP contribution in [0.25, 0.3) is 109 Å². The highest BCUT2D eigenvalue weighted by Gasteiger charge is 2.25. The van der Waals surface area contributed by atoms with Crippen molar-refractivity contribution in [3.63, 3.8) is 0 Å². The first-order valence-corrected chi connectivity index (χ1v) is 16.8. The van der Waals surface area contributed by atoms with Crippen molar-refractivity contribution in [3.05, 3.63) is 170 Å². The van der Waals surface area contributed by atoms with Gasteiger partial charge in [0.25, 0.3) is 0 Å². The van der Waals surface area contributed by atoms with Crippen molar-refractivity contribution >= 4 is 75.4 Å². The third-order valence-corrected chi connectivity index (χ3v) is 10.7. The molecule has 0 N–H and O–H groups in total. The van der Waals surface area contributed by atoms with Gasteiger partial charge in [0.15, 0.2) is 0 Å². The van der Waals surface area contributed by atoms with Crippen LogP contribution < -0.4 is 0 Å². The second kappa shape index (κ2) is 9.64. The monoisotopic (exact) mass is 604 g/mol. The SMILES string of the molecule is c1ccc(-c2ccc3ccccc3c2-c2ccc3c4c2cccc4c2c(-c4ccccc4)c4cccc5c6ccccc6c(c45)c32)cc1. The Labute approximate surface area is 277 Å². The third-order valence-electron chi connectivity index (χ3n) is 10.7. The molecule has 0 saturated heterocycles. The lowest BCUT2D eigenvalue weighted by molar-refractivity contribution is 1.63. The first-order chi connectivity index (χ1) is 23.9. The highest BCUT2D eigenvalue weighted by molar-refractivity contribution is 6.48. The van der Waals surface area contributed by atoms with E-state index in [2.05, 4.69) is 170 Å². The standard InChI is InChI=1S/C48H28/c1-3-13-29(14-4-1)33-26-25-30-15-7-8-18-32(30)43(33)38-27-28-41-44-37(38)22-12-24-40(44)47-42(31-16-5-2-6-17-31)39-23-11-21-35-34-19-9-10-20-36(34)46(45(35)39)48(41)47/h1-28H. The van der Waals surface area contributed by atoms with E-state index in [9.17, 15) is 0 Å². The van der Waals surface area contributed by atoms with Crippen LogP contribution in [0.5, 0.6) is 0 Å². The van der Waals surface area contributed by atoms with Gasteiger partial charge in [-0.3, -0.25) is 0 Å². The molecule has 0 saturated carbocycles. The largest absolute Gasteiger partial charge is 0.0622 e. The van der Waals surface area contributed by atoms with Gasteiger partial charge in [0.05, 0.1) is 0 Å². The summed E-state index contributed by atoms with van der Waals surface area (Å²) in [7, 11) is 0. The molecule has 0 radical (unpaired) electrons. The maximum atomic E-state index is 2.42. The molecule has 0 fully saturated rings. The van der Waals surface area contributed by atoms with Crippen LogP contribution in [0.3, 0.4) is 0 Å². The minimum atomic E-state index is 1.24. The summed E-state index contributed by atoms with van der Waals surface area (Å²) in [4.78, 5) is 0. The van der Waals surface area contributed by atoms with Gasteiger partial charge in [-0.1, -0.05) is 170 Å². The molecule has 0 aliphatic heterocycles. The molecule has 0 spiro atoms. The summed E-state index contributed by atoms with van der Waals surface area (Å²) in [5.41, 5.74) is 7.67. The van der Waals surface area contributed by atoms with Gasteiger partial charge >= 0.3 is 0 Å². The Kier molecular flexibility index (Phi) is 5.20. The second-order valence-corrected chi connectivity index (χ2v) is 13.1. The van der Waals surface area contributed by atoms with E-state index in [0.717, 1.165) is 0 Å². The summed E-state index contributed by atoms with van der Waals surface area (Å²) < 4.78 is 0. The van der Waals surface area contributed by atoms with Crippen molar-refractivity contribution in [2.45, 2.75) is 0 Å². The Bertz CT molecular complexity index is 3020. The topological polar surface area (TPSA) is 0 Å². The predicted molar refractivity (Wildman–Crippen MR) is 208 cm³/mol. The molecule has 0 amide bonds. The summed E-state index contributed by atoms with van der Waals surface area (Å²) >= 11 is 0. The van der Waals surface area contributed by atoms with Gasteiger partial charge < -0.3 is 0 Å². The molecule has 0 unspecified atom stereocenters. The van der Waals surface area contributed by atoms with Crippen molar-refractivity contribution in [3.8, 4) is 33.4 Å². The van der Waals surface area contributed by atoms with Crippen molar-refractivity contribution in [1.82, 2.24) is 0 Å². The van der Waals surface area contributed by atoms with E-state index in [1.807, 2.05) is 0 Å². The van der Waals surface area contributed by atoms with E-state index < -0.39 is 0 Å². The molecule has 11 rings (SSSR count). The van der Waals surface area contributed by atoms with Gasteiger partial charge in [0.1, 0.15) is 0 Å². The fraction of sp³-hybridized carbons (Fsp3) is 0. The minimum Gasteiger partial charge on any atom is -0.0622 e. The number of rotatable bonds is 3. The average molecular weight is 605 g/mol. The van der Waals surface area contributed by atoms with Gasteiger partial charge in [0.2, 0.25) is 0 Å². The van der Waals surface area contributed by atoms with E-state index >= 15 is 0 Å². The van der Waals surface area contributed by atoms with Crippen molar-refractivity contribution in [2.75, 3.05) is 0 Å². The average Bonchev–Trinajstić information content (AvgIpc) is 3.67. The smallest absolute Gasteiger partial charge is 0.000696 e. The molecule has 0 heterocycles. The minimum absolute atomic E-state index is 1.24. The molecule has 0 atom stereocenters. The molecule has 220 valence electrons. The first-order valence-electron chi connectivity index (χ1n) is 16.8. The van der Waals surface area contributed by atoms with Crippen LogP contribution in [-0.4, -0.2) is 0 Å². The molecule has 0 bridgehead atoms. The van der Waals surface area contributed by atoms with Gasteiger partial charge in [-0.25, -0.2) is 0 Å². The van der Waals surface area contributed by atoms with Crippen molar-refractivity contribution < 1.29 is 0 Å². The van der Waals surface area contributed by atoms with Crippen LogP contribution in [-0.2, 0) is 0 Å². The summed E-state index contributed by atoms with van der Waals surface area (Å²) in [6.07, 6.45) is 0. The van der Waals surface area contributed by atoms with Gasteiger partial charge in [0, 0.05) is 0 Å². The van der Waals surface area contributed by atoms with Crippen LogP contribution in [0, 0.1) is 0 Å². The van der Waals surface area contributed by atoms with Gasteiger partial charge in [-0.2, -0.15) is 0 Å². The Morgan fingerprint density at radius 2 is 0.750 bits per heavy atom. The number of hydrogen-bond donors (Lipinski definition) is 0. The lowest BCUT2D eigenvalue weighted by Crippen LogP contribution is -1.89. The summed E-state index contributed by atoms with van der Waals surface area (Å²) in [5.74, 6) is 0. The lowest BCUT2D eigenvalue weighted by atomic mass is 9.87. The number of fused-ring (bicyclic) bond motifs is 8. The summed E-state index contributed by atoms with van der Waals surface area (Å²) in [6.45, 7) is 0. The van der Waals surface area contributed by atoms with Gasteiger partial charge in [-0.05, 0) is 109 Å². The Balaban J connectivity index is 1.38. The Morgan fingerprint density at radius 3 is 1.56 bits per heavy atom. The Morgan fingerprint density at radius 1 is 0.208 bits per heavy atom. The van der Waals surface area contributed by atoms with E-state index in [4.69, 9.17) is 0 Å². The molecule has 0 heteroatoms. The third kappa shape index (κ3) is 3.34. The highest BCUT2D eigenvalue weighted by Crippen LogP contribution is 2.54. The van der Waals surface area contributed by atoms with E-state index in [1.54, 1.807) is 0 Å². The molecular weight excluding hydrogens is 577 g/mol. The zero-order chi connectivity index (χ0) is 31.3. The zero-order valence-electron chi connectivity index (χ0n) is 26.2. The Hall–Kier alpha value is -6.24. The fourth-order valence-electron chi connectivity index (χ4n) is 8.87. The number of hydrogen-bond acceptors (Lipinski definition) is 0. The highest BCUT2D eigenvalue weighted by atomic mass is 14.3. The molecule has 48 heavy (non-hydrogen) atoms. The maximum Gasteiger partial charge on any atom is -0.000696 e. The predicted octanol–water partition coefficient (Wildman–Crippen LogP) is 13.6. The van der Waals surface area contributed by atoms with E-state index in [0.29, 0.717) is 0 Å². The van der Waals surface area contributed by atoms with Crippen molar-refractivity contribution in [1.29, 1.82) is 0 Å². The lowest BCUT2D eigenvalue weighted by Gasteiger charge is -2.16. The van der Waals surface area contributed by atoms with E-state index in [-0.39, 0.29) is 0 Å². The van der Waals surface area contributed by atoms with Gasteiger partial charge in [-0.15, -0.1) is 0 Å². The normalized spacial score (nSPS) is 12.2. The molecule has 0 aliphatic rings. The molecule has 11 aromatic carbocycles. The summed E-state index contributed by atoms with van der Waals surface area (Å²) in [5, 5.41) is 18.7. The maximum absolute atomic E-state index is 2.42. The molecule has 0 aromatic heterocycles. The number of benzene rings is 9. The molecular formula is C48H28. The first kappa shape index (κ1) is 25.9. The van der Waals surface area contributed by atoms with Crippen LogP contribution in [0.1, 0.15) is 0 Å². The van der Waals surface area contributed by atoms with Crippen molar-refractivity contribution in [2.24, 2.45) is 0 Å². The molecule has 0 nitrogen and oxygen atoms in total. The van der Waals surface area contributed by atoms with Crippen LogP contribution in [0.2, 0.25) is 0 Å². The van der Waals surface area contributed by atoms with Crippen LogP contribution in [0.4, 0.5) is 0 Å². The summed E-state index contributed by atoms with van der Waals surface area (Å²) in [6, 6.07) is 63.0. The molecule has 0 aliphatic carbocycles. The zero-order valence-corrected chi connectivity index (χ0v) is 26.2. The van der Waals surface area contributed by atoms with Crippen LogP contribution in [0.15, 0.2) is 170 Å². The van der Waals surface area contributed by atoms with Crippen LogP contribution >= 0.6 is 0 Å². The van der Waals surface area contributed by atoms with E-state index in [1.165, 1.54) is 109 Å². The fourth-order valence-corrected chi connectivity index (χ4v) is 8.87. The second-order valence-electron chi connectivity index (χ2n) is 13.1. The quantitative estimate of drug-likeness (QED) is 0.188. The molecule has 11 aromatic rings.